The molecule has 0 radical (unpaired) electrons. The van der Waals surface area contributed by atoms with Gasteiger partial charge in [-0.3, -0.25) is 0 Å². The minimum atomic E-state index is -0.350. The molecule has 1 fully saturated rings. The topological polar surface area (TPSA) is 68.5 Å². The monoisotopic (exact) mass is 277 g/mol. The number of esters is 1. The Bertz CT molecular complexity index is 488. The zero-order chi connectivity index (χ0) is 14.7. The fourth-order valence-electron chi connectivity index (χ4n) is 2.81. The van der Waals surface area contributed by atoms with Crippen LogP contribution in [0.3, 0.4) is 0 Å². The van der Waals surface area contributed by atoms with Crippen molar-refractivity contribution in [2.75, 3.05) is 23.8 Å². The summed E-state index contributed by atoms with van der Waals surface area (Å²) in [6.07, 6.45) is 3.86. The largest absolute Gasteiger partial charge is 0.462 e. The lowest BCUT2D eigenvalue weighted by molar-refractivity contribution is 0.0526. The molecular weight excluding hydrogens is 254 g/mol. The zero-order valence-electron chi connectivity index (χ0n) is 12.4. The van der Waals surface area contributed by atoms with Crippen LogP contribution in [0.4, 0.5) is 11.5 Å². The number of hydrogen-bond acceptors (Lipinski definition) is 5. The van der Waals surface area contributed by atoms with Gasteiger partial charge in [-0.15, -0.1) is 0 Å². The number of nitrogens with two attached hydrogens (primary N) is 1. The summed E-state index contributed by atoms with van der Waals surface area (Å²) in [5.41, 5.74) is 6.72. The third-order valence-corrected chi connectivity index (χ3v) is 3.72. The van der Waals surface area contributed by atoms with Gasteiger partial charge in [-0.25, -0.2) is 9.78 Å². The molecule has 1 atom stereocenters. The molecule has 0 aliphatic carbocycles. The molecule has 5 nitrogen and oxygen atoms in total. The Kier molecular flexibility index (Phi) is 4.47. The van der Waals surface area contributed by atoms with Crippen molar-refractivity contribution in [3.63, 3.8) is 0 Å². The summed E-state index contributed by atoms with van der Waals surface area (Å²) in [7, 11) is 0. The molecule has 0 bridgehead atoms. The normalized spacial score (nSPS) is 18.6. The van der Waals surface area contributed by atoms with Crippen molar-refractivity contribution in [2.24, 2.45) is 5.92 Å². The first-order valence-electron chi connectivity index (χ1n) is 7.23. The molecule has 2 N–H and O–H groups in total. The minimum Gasteiger partial charge on any atom is -0.462 e. The van der Waals surface area contributed by atoms with Crippen LogP contribution >= 0.6 is 0 Å². The van der Waals surface area contributed by atoms with Crippen LogP contribution in [0.15, 0.2) is 12.3 Å². The summed E-state index contributed by atoms with van der Waals surface area (Å²) in [5.74, 6) is 0.873. The smallest absolute Gasteiger partial charge is 0.341 e. The SMILES string of the molecule is CCOC(=O)c1cc(N)cnc1N1CCCC1C(C)C. The molecule has 0 spiro atoms. The number of nitrogen functional groups attached to an aromatic ring is 1. The Labute approximate surface area is 120 Å². The number of nitrogens with zero attached hydrogens (tertiary/aromatic N) is 2. The molecule has 2 heterocycles. The van der Waals surface area contributed by atoms with Crippen LogP contribution in [0, 0.1) is 5.92 Å². The third kappa shape index (κ3) is 2.86. The first kappa shape index (κ1) is 14.6. The van der Waals surface area contributed by atoms with E-state index in [0.29, 0.717) is 35.6 Å². The molecule has 1 aliphatic heterocycles. The zero-order valence-corrected chi connectivity index (χ0v) is 12.4. The van der Waals surface area contributed by atoms with Gasteiger partial charge >= 0.3 is 5.97 Å². The Morgan fingerprint density at radius 1 is 1.60 bits per heavy atom. The Hall–Kier alpha value is -1.78. The summed E-state index contributed by atoms with van der Waals surface area (Å²) < 4.78 is 5.12. The number of carbonyl (C=O) groups excluding carboxylic acids is 1. The van der Waals surface area contributed by atoms with Gasteiger partial charge in [0.05, 0.1) is 18.5 Å². The van der Waals surface area contributed by atoms with E-state index >= 15 is 0 Å². The summed E-state index contributed by atoms with van der Waals surface area (Å²) in [6.45, 7) is 7.46. The van der Waals surface area contributed by atoms with Crippen LogP contribution < -0.4 is 10.6 Å². The van der Waals surface area contributed by atoms with Crippen LogP contribution in [0.25, 0.3) is 0 Å². The highest BCUT2D eigenvalue weighted by atomic mass is 16.5. The summed E-state index contributed by atoms with van der Waals surface area (Å²) in [4.78, 5) is 18.7. The van der Waals surface area contributed by atoms with Crippen LogP contribution in [0.2, 0.25) is 0 Å². The van der Waals surface area contributed by atoms with Gasteiger partial charge in [-0.1, -0.05) is 13.8 Å². The highest BCUT2D eigenvalue weighted by Crippen LogP contribution is 2.31. The fourth-order valence-corrected chi connectivity index (χ4v) is 2.81. The van der Waals surface area contributed by atoms with Crippen molar-refractivity contribution in [1.29, 1.82) is 0 Å². The molecule has 1 aromatic rings. The molecule has 0 amide bonds. The molecule has 20 heavy (non-hydrogen) atoms. The van der Waals surface area contributed by atoms with E-state index in [9.17, 15) is 4.79 Å². The van der Waals surface area contributed by atoms with Crippen LogP contribution in [0.1, 0.15) is 44.0 Å². The van der Waals surface area contributed by atoms with Gasteiger partial charge in [-0.05, 0) is 31.7 Å². The van der Waals surface area contributed by atoms with Crippen LogP contribution in [-0.2, 0) is 4.74 Å². The molecule has 1 aromatic heterocycles. The van der Waals surface area contributed by atoms with E-state index in [-0.39, 0.29) is 5.97 Å². The van der Waals surface area contributed by atoms with Crippen molar-refractivity contribution in [3.8, 4) is 0 Å². The van der Waals surface area contributed by atoms with Gasteiger partial charge in [0.25, 0.3) is 0 Å². The van der Waals surface area contributed by atoms with Gasteiger partial charge in [0.15, 0.2) is 0 Å². The summed E-state index contributed by atoms with van der Waals surface area (Å²) >= 11 is 0. The maximum absolute atomic E-state index is 12.1. The van der Waals surface area contributed by atoms with Gasteiger partial charge < -0.3 is 15.4 Å². The number of carbonyl (C=O) groups is 1. The van der Waals surface area contributed by atoms with E-state index < -0.39 is 0 Å². The summed E-state index contributed by atoms with van der Waals surface area (Å²) in [5, 5.41) is 0. The molecule has 2 rings (SSSR count). The lowest BCUT2D eigenvalue weighted by Gasteiger charge is -2.29. The molecule has 1 unspecified atom stereocenters. The molecular formula is C15H23N3O2. The van der Waals surface area contributed by atoms with Crippen molar-refractivity contribution >= 4 is 17.5 Å². The number of hydrogen-bond donors (Lipinski definition) is 1. The molecule has 1 saturated heterocycles. The first-order chi connectivity index (χ1) is 9.54. The quantitative estimate of drug-likeness (QED) is 0.856. The fraction of sp³-hybridized carbons (Fsp3) is 0.600. The number of anilines is 2. The molecule has 0 saturated carbocycles. The van der Waals surface area contributed by atoms with E-state index in [1.807, 2.05) is 0 Å². The second-order valence-electron chi connectivity index (χ2n) is 5.51. The second-order valence-corrected chi connectivity index (χ2v) is 5.51. The van der Waals surface area contributed by atoms with E-state index in [1.54, 1.807) is 19.2 Å². The highest BCUT2D eigenvalue weighted by molar-refractivity contribution is 5.95. The predicted octanol–water partition coefficient (Wildman–Crippen LogP) is 2.47. The maximum Gasteiger partial charge on any atom is 0.341 e. The molecule has 5 heteroatoms. The van der Waals surface area contributed by atoms with Crippen molar-refractivity contribution in [2.45, 2.75) is 39.7 Å². The Morgan fingerprint density at radius 3 is 3.00 bits per heavy atom. The van der Waals surface area contributed by atoms with E-state index in [1.165, 1.54) is 0 Å². The third-order valence-electron chi connectivity index (χ3n) is 3.72. The van der Waals surface area contributed by atoms with E-state index in [2.05, 4.69) is 23.7 Å². The number of aromatic nitrogens is 1. The average molecular weight is 277 g/mol. The highest BCUT2D eigenvalue weighted by Gasteiger charge is 2.31. The van der Waals surface area contributed by atoms with Crippen LogP contribution in [-0.4, -0.2) is 30.1 Å². The average Bonchev–Trinajstić information content (AvgIpc) is 2.88. The summed E-state index contributed by atoms with van der Waals surface area (Å²) in [6, 6.07) is 2.08. The van der Waals surface area contributed by atoms with Gasteiger partial charge in [0.2, 0.25) is 0 Å². The van der Waals surface area contributed by atoms with E-state index in [4.69, 9.17) is 10.5 Å². The minimum absolute atomic E-state index is 0.348. The van der Waals surface area contributed by atoms with E-state index in [0.717, 1.165) is 19.4 Å². The number of pyridine rings is 1. The Balaban J connectivity index is 2.38. The number of ether oxygens (including phenoxy) is 1. The molecule has 110 valence electrons. The first-order valence-corrected chi connectivity index (χ1v) is 7.23. The van der Waals surface area contributed by atoms with Crippen molar-refractivity contribution in [3.05, 3.63) is 17.8 Å². The van der Waals surface area contributed by atoms with Crippen molar-refractivity contribution < 1.29 is 9.53 Å². The predicted molar refractivity (Wildman–Crippen MR) is 79.8 cm³/mol. The Morgan fingerprint density at radius 2 is 2.35 bits per heavy atom. The van der Waals surface area contributed by atoms with Crippen molar-refractivity contribution in [1.82, 2.24) is 4.98 Å². The number of rotatable bonds is 4. The molecule has 1 aliphatic rings. The lowest BCUT2D eigenvalue weighted by Crippen LogP contribution is -2.35. The molecule has 0 aromatic carbocycles. The van der Waals surface area contributed by atoms with Gasteiger partial charge in [-0.2, -0.15) is 0 Å². The van der Waals surface area contributed by atoms with Crippen LogP contribution in [0.5, 0.6) is 0 Å². The standard InChI is InChI=1S/C15H23N3O2/c1-4-20-15(19)12-8-11(16)9-17-14(12)18-7-5-6-13(18)10(2)3/h8-10,13H,4-7,16H2,1-3H3. The second kappa shape index (κ2) is 6.11. The van der Waals surface area contributed by atoms with Gasteiger partial charge in [0, 0.05) is 12.6 Å². The van der Waals surface area contributed by atoms with Gasteiger partial charge in [0.1, 0.15) is 11.4 Å². The lowest BCUT2D eigenvalue weighted by atomic mass is 10.0. The maximum atomic E-state index is 12.1.